The third kappa shape index (κ3) is 13.6. The predicted molar refractivity (Wildman–Crippen MR) is 106 cm³/mol. The SMILES string of the molecule is CCCCc1cc(CCCC)c(O)c(CCCC)c1.[Cl-].[Cl-].[Zr+3].c1cc[cH-]c1. The third-order valence-corrected chi connectivity index (χ3v) is 4.30. The van der Waals surface area contributed by atoms with Gasteiger partial charge in [-0.2, -0.15) is 18.2 Å². The standard InChI is InChI=1S/C18H30O.C5H5.2ClH.Zr/c1-4-7-10-15-13-16(11-8-5-2)18(19)17(14-15)12-9-6-3;1-2-4-5-3-1;;;/h13-14,19H,4-12H2,1-3H3;1-5H;2*1H;/q;-1;;;+3/p-2. The van der Waals surface area contributed by atoms with Crippen molar-refractivity contribution in [2.45, 2.75) is 78.6 Å². The van der Waals surface area contributed by atoms with Crippen molar-refractivity contribution in [1.82, 2.24) is 0 Å². The molecule has 0 unspecified atom stereocenters. The molecule has 2 rings (SSSR count). The van der Waals surface area contributed by atoms with Crippen molar-refractivity contribution in [3.05, 3.63) is 59.2 Å². The van der Waals surface area contributed by atoms with Crippen LogP contribution < -0.4 is 24.8 Å². The summed E-state index contributed by atoms with van der Waals surface area (Å²) in [6, 6.07) is 14.5. The van der Waals surface area contributed by atoms with Crippen LogP contribution in [0.3, 0.4) is 0 Å². The molecule has 0 saturated heterocycles. The number of hydrogen-bond acceptors (Lipinski definition) is 1. The third-order valence-electron chi connectivity index (χ3n) is 4.30. The molecule has 0 fully saturated rings. The van der Waals surface area contributed by atoms with Gasteiger partial charge in [-0.15, -0.1) is 0 Å². The van der Waals surface area contributed by atoms with E-state index in [1.807, 2.05) is 30.3 Å². The Morgan fingerprint density at radius 2 is 1.15 bits per heavy atom. The molecule has 1 radical (unpaired) electrons. The Labute approximate surface area is 198 Å². The number of benzene rings is 1. The minimum atomic E-state index is 0. The van der Waals surface area contributed by atoms with Gasteiger partial charge in [0.1, 0.15) is 5.75 Å². The maximum Gasteiger partial charge on any atom is 3.00 e. The number of phenolic OH excluding ortho intramolecular Hbond substituents is 1. The summed E-state index contributed by atoms with van der Waals surface area (Å²) in [5.41, 5.74) is 3.75. The molecule has 0 aromatic heterocycles. The normalized spacial score (nSPS) is 9.15. The average Bonchev–Trinajstić information content (AvgIpc) is 3.18. The van der Waals surface area contributed by atoms with Crippen molar-refractivity contribution in [2.24, 2.45) is 0 Å². The predicted octanol–water partition coefficient (Wildman–Crippen LogP) is 0.831. The molecule has 0 amide bonds. The van der Waals surface area contributed by atoms with Crippen LogP contribution in [0, 0.1) is 0 Å². The summed E-state index contributed by atoms with van der Waals surface area (Å²) in [5, 5.41) is 10.4. The largest absolute Gasteiger partial charge is 3.00 e. The van der Waals surface area contributed by atoms with Gasteiger partial charge >= 0.3 is 26.2 Å². The maximum atomic E-state index is 10.4. The molecule has 0 atom stereocenters. The second-order valence-electron chi connectivity index (χ2n) is 6.54. The number of phenols is 1. The zero-order chi connectivity index (χ0) is 17.6. The molecule has 2 aromatic rings. The van der Waals surface area contributed by atoms with E-state index < -0.39 is 0 Å². The van der Waals surface area contributed by atoms with Gasteiger partial charge in [0.15, 0.2) is 0 Å². The second kappa shape index (κ2) is 20.6. The Morgan fingerprint density at radius 1 is 0.741 bits per heavy atom. The first-order valence-corrected chi connectivity index (χ1v) is 9.73. The van der Waals surface area contributed by atoms with E-state index in [1.54, 1.807) is 0 Å². The van der Waals surface area contributed by atoms with Gasteiger partial charge in [0.2, 0.25) is 0 Å². The van der Waals surface area contributed by atoms with Crippen LogP contribution in [-0.4, -0.2) is 5.11 Å². The molecule has 0 heterocycles. The Morgan fingerprint density at radius 3 is 1.48 bits per heavy atom. The first kappa shape index (κ1) is 31.5. The fraction of sp³-hybridized carbons (Fsp3) is 0.522. The molecule has 0 aliphatic heterocycles. The average molecular weight is 490 g/mol. The van der Waals surface area contributed by atoms with Crippen LogP contribution in [0.4, 0.5) is 0 Å². The van der Waals surface area contributed by atoms with Gasteiger partial charge in [0, 0.05) is 0 Å². The summed E-state index contributed by atoms with van der Waals surface area (Å²) < 4.78 is 0. The molecule has 1 nitrogen and oxygen atoms in total. The topological polar surface area (TPSA) is 20.2 Å². The molecule has 0 aliphatic rings. The molecule has 0 aliphatic carbocycles. The summed E-state index contributed by atoms with van der Waals surface area (Å²) in [5.74, 6) is 0.571. The molecule has 0 saturated carbocycles. The van der Waals surface area contributed by atoms with Crippen molar-refractivity contribution in [3.63, 3.8) is 0 Å². The van der Waals surface area contributed by atoms with Gasteiger partial charge in [-0.3, -0.25) is 0 Å². The Hall–Kier alpha value is -0.167. The first-order valence-electron chi connectivity index (χ1n) is 9.73. The van der Waals surface area contributed by atoms with Gasteiger partial charge in [-0.25, -0.2) is 12.1 Å². The van der Waals surface area contributed by atoms with Gasteiger partial charge < -0.3 is 29.9 Å². The van der Waals surface area contributed by atoms with Crippen molar-refractivity contribution >= 4 is 0 Å². The van der Waals surface area contributed by atoms with E-state index in [0.717, 1.165) is 32.1 Å². The van der Waals surface area contributed by atoms with Crippen molar-refractivity contribution in [1.29, 1.82) is 0 Å². The van der Waals surface area contributed by atoms with E-state index >= 15 is 0 Å². The van der Waals surface area contributed by atoms with Crippen LogP contribution in [0.1, 0.15) is 76.0 Å². The number of aryl methyl sites for hydroxylation is 3. The minimum absolute atomic E-state index is 0. The number of rotatable bonds is 9. The molecule has 2 aromatic carbocycles. The van der Waals surface area contributed by atoms with E-state index in [4.69, 9.17) is 0 Å². The maximum absolute atomic E-state index is 10.4. The fourth-order valence-electron chi connectivity index (χ4n) is 2.79. The minimum Gasteiger partial charge on any atom is -1.00 e. The fourth-order valence-corrected chi connectivity index (χ4v) is 2.79. The van der Waals surface area contributed by atoms with Crippen LogP contribution in [0.2, 0.25) is 0 Å². The summed E-state index contributed by atoms with van der Waals surface area (Å²) >= 11 is 0. The summed E-state index contributed by atoms with van der Waals surface area (Å²) in [6.45, 7) is 6.64. The Balaban J connectivity index is -0.000000625. The number of unbranched alkanes of at least 4 members (excludes halogenated alkanes) is 3. The number of aromatic hydroxyl groups is 1. The van der Waals surface area contributed by atoms with Crippen molar-refractivity contribution in [3.8, 4) is 5.75 Å². The van der Waals surface area contributed by atoms with Gasteiger partial charge in [0.25, 0.3) is 0 Å². The van der Waals surface area contributed by atoms with Crippen LogP contribution in [0.5, 0.6) is 5.75 Å². The van der Waals surface area contributed by atoms with E-state index in [2.05, 4.69) is 32.9 Å². The Bertz CT molecular complexity index is 495. The summed E-state index contributed by atoms with van der Waals surface area (Å²) in [7, 11) is 0. The van der Waals surface area contributed by atoms with Crippen LogP contribution in [0.25, 0.3) is 0 Å². The monoisotopic (exact) mass is 487 g/mol. The zero-order valence-electron chi connectivity index (χ0n) is 17.1. The van der Waals surface area contributed by atoms with Crippen molar-refractivity contribution in [2.75, 3.05) is 0 Å². The van der Waals surface area contributed by atoms with Crippen LogP contribution in [-0.2, 0) is 45.5 Å². The molecule has 4 heteroatoms. The molecular formula is C23H35Cl2OZr. The van der Waals surface area contributed by atoms with Crippen LogP contribution >= 0.6 is 0 Å². The second-order valence-corrected chi connectivity index (χ2v) is 6.54. The van der Waals surface area contributed by atoms with E-state index in [-0.39, 0.29) is 51.0 Å². The number of hydrogen-bond donors (Lipinski definition) is 1. The van der Waals surface area contributed by atoms with E-state index in [9.17, 15) is 5.11 Å². The van der Waals surface area contributed by atoms with Gasteiger partial charge in [0.05, 0.1) is 0 Å². The Kier molecular flexibility index (Phi) is 24.0. The van der Waals surface area contributed by atoms with Gasteiger partial charge in [-0.05, 0) is 55.2 Å². The molecule has 0 spiro atoms. The first-order chi connectivity index (χ1) is 11.7. The number of halogens is 2. The van der Waals surface area contributed by atoms with E-state index in [0.29, 0.717) is 5.75 Å². The van der Waals surface area contributed by atoms with Gasteiger partial charge in [-0.1, -0.05) is 52.2 Å². The molecule has 151 valence electrons. The zero-order valence-corrected chi connectivity index (χ0v) is 21.1. The molecule has 27 heavy (non-hydrogen) atoms. The summed E-state index contributed by atoms with van der Waals surface area (Å²) in [4.78, 5) is 0. The molecule has 0 bridgehead atoms. The summed E-state index contributed by atoms with van der Waals surface area (Å²) in [6.07, 6.45) is 10.3. The molecule has 1 N–H and O–H groups in total. The smallest absolute Gasteiger partial charge is 1.00 e. The quantitative estimate of drug-likeness (QED) is 0.518. The van der Waals surface area contributed by atoms with Crippen LogP contribution in [0.15, 0.2) is 42.5 Å². The molecular weight excluding hydrogens is 454 g/mol. The van der Waals surface area contributed by atoms with E-state index in [1.165, 1.54) is 42.4 Å². The van der Waals surface area contributed by atoms with Crippen molar-refractivity contribution < 1.29 is 56.1 Å².